The Kier molecular flexibility index (Phi) is 3.35. The number of nitrogens with zero attached hydrogens (tertiary/aromatic N) is 3. The van der Waals surface area contributed by atoms with Crippen molar-refractivity contribution in [2.24, 2.45) is 0 Å². The zero-order chi connectivity index (χ0) is 13.2. The first-order valence-electron chi connectivity index (χ1n) is 6.37. The molecular formula is C13H17N5S. The van der Waals surface area contributed by atoms with E-state index in [0.29, 0.717) is 0 Å². The van der Waals surface area contributed by atoms with E-state index in [1.54, 1.807) is 17.5 Å². The number of imidazole rings is 2. The van der Waals surface area contributed by atoms with Gasteiger partial charge in [0.25, 0.3) is 0 Å². The Morgan fingerprint density at radius 3 is 3.11 bits per heavy atom. The maximum atomic E-state index is 4.59. The second-order valence-electron chi connectivity index (χ2n) is 4.60. The van der Waals surface area contributed by atoms with Crippen molar-refractivity contribution in [1.29, 1.82) is 0 Å². The number of hydrogen-bond acceptors (Lipinski definition) is 4. The zero-order valence-electron chi connectivity index (χ0n) is 11.1. The summed E-state index contributed by atoms with van der Waals surface area (Å²) in [5.74, 6) is 1.02. The molecule has 0 atom stereocenters. The Bertz CT molecular complexity index is 665. The molecule has 100 valence electrons. The highest BCUT2D eigenvalue weighted by molar-refractivity contribution is 7.17. The van der Waals surface area contributed by atoms with Gasteiger partial charge in [0.2, 0.25) is 0 Å². The van der Waals surface area contributed by atoms with E-state index in [4.69, 9.17) is 0 Å². The Hall–Kier alpha value is -1.66. The van der Waals surface area contributed by atoms with Crippen LogP contribution in [-0.2, 0) is 13.0 Å². The highest BCUT2D eigenvalue weighted by Gasteiger charge is 2.10. The van der Waals surface area contributed by atoms with Crippen LogP contribution >= 0.6 is 11.3 Å². The molecule has 3 aromatic heterocycles. The van der Waals surface area contributed by atoms with Crippen molar-refractivity contribution in [3.8, 4) is 0 Å². The molecule has 0 saturated heterocycles. The molecule has 3 heterocycles. The summed E-state index contributed by atoms with van der Waals surface area (Å²) in [5.41, 5.74) is 2.36. The lowest BCUT2D eigenvalue weighted by Gasteiger charge is -2.04. The molecule has 0 aliphatic rings. The molecule has 0 amide bonds. The first kappa shape index (κ1) is 12.4. The van der Waals surface area contributed by atoms with E-state index in [2.05, 4.69) is 44.7 Å². The summed E-state index contributed by atoms with van der Waals surface area (Å²) in [4.78, 5) is 14.3. The number of aromatic nitrogens is 4. The fraction of sp³-hybridized carbons (Fsp3) is 0.385. The standard InChI is InChI=1S/C13H17N5S/c1-9-8-18-11(10(2)17-13(18)19-9)7-14-4-3-12-15-5-6-16-12/h5-6,8,14H,3-4,7H2,1-2H3,(H,15,16). The third kappa shape index (κ3) is 2.54. The number of fused-ring (bicyclic) bond motifs is 1. The van der Waals surface area contributed by atoms with Gasteiger partial charge in [0.15, 0.2) is 4.96 Å². The highest BCUT2D eigenvalue weighted by Crippen LogP contribution is 2.20. The number of H-pyrrole nitrogens is 1. The van der Waals surface area contributed by atoms with Gasteiger partial charge in [-0.15, -0.1) is 11.3 Å². The third-order valence-electron chi connectivity index (χ3n) is 3.13. The van der Waals surface area contributed by atoms with Crippen LogP contribution in [0.3, 0.4) is 0 Å². The summed E-state index contributed by atoms with van der Waals surface area (Å²) >= 11 is 1.73. The number of thiazole rings is 1. The highest BCUT2D eigenvalue weighted by atomic mass is 32.1. The molecule has 3 rings (SSSR count). The van der Waals surface area contributed by atoms with E-state index in [9.17, 15) is 0 Å². The minimum atomic E-state index is 0.837. The molecule has 0 aromatic carbocycles. The van der Waals surface area contributed by atoms with Gasteiger partial charge in [0.05, 0.1) is 11.4 Å². The van der Waals surface area contributed by atoms with Crippen molar-refractivity contribution < 1.29 is 0 Å². The Labute approximate surface area is 115 Å². The van der Waals surface area contributed by atoms with Crippen LogP contribution in [0, 0.1) is 13.8 Å². The van der Waals surface area contributed by atoms with Gasteiger partial charge in [-0.1, -0.05) is 0 Å². The summed E-state index contributed by atoms with van der Waals surface area (Å²) in [7, 11) is 0. The Morgan fingerprint density at radius 1 is 1.42 bits per heavy atom. The van der Waals surface area contributed by atoms with Gasteiger partial charge in [0, 0.05) is 43.0 Å². The van der Waals surface area contributed by atoms with Crippen molar-refractivity contribution in [1.82, 2.24) is 24.7 Å². The molecule has 0 saturated carbocycles. The van der Waals surface area contributed by atoms with Crippen LogP contribution in [0.1, 0.15) is 22.1 Å². The zero-order valence-corrected chi connectivity index (χ0v) is 11.9. The lowest BCUT2D eigenvalue weighted by molar-refractivity contribution is 0.657. The van der Waals surface area contributed by atoms with Crippen LogP contribution in [0.25, 0.3) is 4.96 Å². The van der Waals surface area contributed by atoms with Crippen molar-refractivity contribution in [2.45, 2.75) is 26.8 Å². The average molecular weight is 275 g/mol. The summed E-state index contributed by atoms with van der Waals surface area (Å²) in [6.07, 6.45) is 6.71. The molecule has 0 spiro atoms. The molecule has 5 nitrogen and oxygen atoms in total. The van der Waals surface area contributed by atoms with Gasteiger partial charge in [-0.25, -0.2) is 9.97 Å². The minimum Gasteiger partial charge on any atom is -0.349 e. The average Bonchev–Trinajstić information content (AvgIpc) is 3.03. The molecule has 0 radical (unpaired) electrons. The van der Waals surface area contributed by atoms with Crippen LogP contribution in [0.15, 0.2) is 18.6 Å². The van der Waals surface area contributed by atoms with Crippen molar-refractivity contribution >= 4 is 16.3 Å². The molecule has 0 fully saturated rings. The van der Waals surface area contributed by atoms with Crippen LogP contribution < -0.4 is 5.32 Å². The SMILES string of the molecule is Cc1cn2c(CNCCc3ncc[nH]3)c(C)nc2s1. The summed E-state index contributed by atoms with van der Waals surface area (Å²) in [6.45, 7) is 5.93. The monoisotopic (exact) mass is 275 g/mol. The molecule has 19 heavy (non-hydrogen) atoms. The van der Waals surface area contributed by atoms with Gasteiger partial charge in [-0.2, -0.15) is 0 Å². The van der Waals surface area contributed by atoms with Gasteiger partial charge < -0.3 is 10.3 Å². The van der Waals surface area contributed by atoms with Crippen LogP contribution in [0.2, 0.25) is 0 Å². The van der Waals surface area contributed by atoms with E-state index in [0.717, 1.165) is 36.0 Å². The second-order valence-corrected chi connectivity index (χ2v) is 5.81. The normalized spacial score (nSPS) is 11.5. The molecule has 3 aromatic rings. The number of aromatic amines is 1. The first-order valence-corrected chi connectivity index (χ1v) is 7.18. The molecule has 2 N–H and O–H groups in total. The largest absolute Gasteiger partial charge is 0.349 e. The quantitative estimate of drug-likeness (QED) is 0.701. The predicted molar refractivity (Wildman–Crippen MR) is 76.5 cm³/mol. The molecule has 0 unspecified atom stereocenters. The first-order chi connectivity index (χ1) is 9.24. The molecule has 0 aliphatic carbocycles. The predicted octanol–water partition coefficient (Wildman–Crippen LogP) is 2.07. The van der Waals surface area contributed by atoms with E-state index in [1.165, 1.54) is 10.6 Å². The number of rotatable bonds is 5. The number of nitrogens with one attached hydrogen (secondary N) is 2. The minimum absolute atomic E-state index is 0.837. The van der Waals surface area contributed by atoms with E-state index in [1.807, 2.05) is 6.20 Å². The summed E-state index contributed by atoms with van der Waals surface area (Å²) in [6, 6.07) is 0. The van der Waals surface area contributed by atoms with Crippen molar-refractivity contribution in [3.05, 3.63) is 40.7 Å². The van der Waals surface area contributed by atoms with E-state index in [-0.39, 0.29) is 0 Å². The van der Waals surface area contributed by atoms with Gasteiger partial charge in [-0.3, -0.25) is 4.40 Å². The van der Waals surface area contributed by atoms with Gasteiger partial charge in [0.1, 0.15) is 5.82 Å². The molecule has 6 heteroatoms. The van der Waals surface area contributed by atoms with E-state index < -0.39 is 0 Å². The van der Waals surface area contributed by atoms with Crippen molar-refractivity contribution in [3.63, 3.8) is 0 Å². The topological polar surface area (TPSA) is 58.0 Å². The van der Waals surface area contributed by atoms with Crippen molar-refractivity contribution in [2.75, 3.05) is 6.54 Å². The second kappa shape index (κ2) is 5.14. The van der Waals surface area contributed by atoms with Crippen LogP contribution in [0.5, 0.6) is 0 Å². The lowest BCUT2D eigenvalue weighted by Crippen LogP contribution is -2.18. The Balaban J connectivity index is 1.63. The molecule has 0 aliphatic heterocycles. The Morgan fingerprint density at radius 2 is 2.32 bits per heavy atom. The van der Waals surface area contributed by atoms with Gasteiger partial charge in [-0.05, 0) is 13.8 Å². The van der Waals surface area contributed by atoms with Crippen LogP contribution in [-0.4, -0.2) is 25.9 Å². The maximum Gasteiger partial charge on any atom is 0.194 e. The molecular weight excluding hydrogens is 258 g/mol. The fourth-order valence-electron chi connectivity index (χ4n) is 2.17. The maximum absolute atomic E-state index is 4.59. The third-order valence-corrected chi connectivity index (χ3v) is 4.02. The summed E-state index contributed by atoms with van der Waals surface area (Å²) < 4.78 is 2.19. The lowest BCUT2D eigenvalue weighted by atomic mass is 10.3. The smallest absolute Gasteiger partial charge is 0.194 e. The molecule has 0 bridgehead atoms. The van der Waals surface area contributed by atoms with Crippen LogP contribution in [0.4, 0.5) is 0 Å². The van der Waals surface area contributed by atoms with Gasteiger partial charge >= 0.3 is 0 Å². The fourth-order valence-corrected chi connectivity index (χ4v) is 3.06. The number of hydrogen-bond donors (Lipinski definition) is 2. The van der Waals surface area contributed by atoms with E-state index >= 15 is 0 Å². The summed E-state index contributed by atoms with van der Waals surface area (Å²) in [5, 5.41) is 3.45. The number of aryl methyl sites for hydroxylation is 2.